The molecular formula is C15H22ClN3O2S. The van der Waals surface area contributed by atoms with Gasteiger partial charge in [0.15, 0.2) is 0 Å². The zero-order valence-electron chi connectivity index (χ0n) is 12.4. The van der Waals surface area contributed by atoms with E-state index in [0.29, 0.717) is 18.9 Å². The molecule has 0 bridgehead atoms. The topological polar surface area (TPSA) is 81.2 Å². The molecule has 3 N–H and O–H groups in total. The summed E-state index contributed by atoms with van der Waals surface area (Å²) in [4.78, 5) is 17.0. The minimum Gasteiger partial charge on any atom is -0.443 e. The summed E-state index contributed by atoms with van der Waals surface area (Å²) in [6, 6.07) is 3.91. The van der Waals surface area contributed by atoms with Crippen LogP contribution < -0.4 is 11.1 Å². The average Bonchev–Trinajstić information content (AvgIpc) is 3.15. The Hall–Kier alpha value is -1.37. The van der Waals surface area contributed by atoms with Crippen LogP contribution in [0.1, 0.15) is 37.8 Å². The number of nitrogens with zero attached hydrogens (tertiary/aromatic N) is 1. The van der Waals surface area contributed by atoms with E-state index in [2.05, 4.69) is 10.3 Å². The number of thiophene rings is 1. The van der Waals surface area contributed by atoms with Crippen LogP contribution >= 0.6 is 23.7 Å². The van der Waals surface area contributed by atoms with Crippen LogP contribution in [0.2, 0.25) is 0 Å². The Morgan fingerprint density at radius 3 is 2.86 bits per heavy atom. The summed E-state index contributed by atoms with van der Waals surface area (Å²) in [6.07, 6.45) is 6.24. The minimum atomic E-state index is 0. The molecule has 0 aromatic carbocycles. The molecule has 0 saturated heterocycles. The molecule has 0 fully saturated rings. The number of hydrogen-bond acceptors (Lipinski definition) is 5. The molecule has 0 spiro atoms. The van der Waals surface area contributed by atoms with Crippen molar-refractivity contribution < 1.29 is 9.21 Å². The van der Waals surface area contributed by atoms with Gasteiger partial charge < -0.3 is 15.5 Å². The number of carbonyl (C=O) groups is 1. The molecule has 2 rings (SSSR count). The summed E-state index contributed by atoms with van der Waals surface area (Å²) in [7, 11) is 0. The molecule has 7 heteroatoms. The van der Waals surface area contributed by atoms with Gasteiger partial charge in [-0.15, -0.1) is 23.7 Å². The zero-order chi connectivity index (χ0) is 14.9. The van der Waals surface area contributed by atoms with Crippen LogP contribution in [-0.2, 0) is 11.3 Å². The molecule has 0 aliphatic heterocycles. The molecule has 122 valence electrons. The van der Waals surface area contributed by atoms with Crippen LogP contribution in [0.5, 0.6) is 0 Å². The van der Waals surface area contributed by atoms with Gasteiger partial charge in [-0.3, -0.25) is 4.79 Å². The number of halogens is 1. The van der Waals surface area contributed by atoms with Gasteiger partial charge in [-0.05, 0) is 30.8 Å². The molecule has 0 unspecified atom stereocenters. The average molecular weight is 344 g/mol. The smallest absolute Gasteiger partial charge is 0.236 e. The third-order valence-corrected chi connectivity index (χ3v) is 3.97. The quantitative estimate of drug-likeness (QED) is 0.684. The van der Waals surface area contributed by atoms with Gasteiger partial charge in [-0.2, -0.15) is 0 Å². The largest absolute Gasteiger partial charge is 0.443 e. The highest BCUT2D eigenvalue weighted by Crippen LogP contribution is 2.23. The molecule has 2 heterocycles. The highest BCUT2D eigenvalue weighted by molar-refractivity contribution is 7.13. The molecule has 1 amide bonds. The second kappa shape index (κ2) is 10.4. The predicted molar refractivity (Wildman–Crippen MR) is 91.1 cm³/mol. The molecule has 5 nitrogen and oxygen atoms in total. The number of carbonyl (C=O) groups excluding carboxylic acids is 1. The van der Waals surface area contributed by atoms with Crippen LogP contribution in [0, 0.1) is 0 Å². The molecule has 22 heavy (non-hydrogen) atoms. The third-order valence-electron chi connectivity index (χ3n) is 3.11. The number of amides is 1. The van der Waals surface area contributed by atoms with E-state index in [1.54, 1.807) is 17.6 Å². The zero-order valence-corrected chi connectivity index (χ0v) is 14.0. The number of unbranched alkanes of at least 4 members (excludes halogenated alkanes) is 3. The Morgan fingerprint density at radius 1 is 1.32 bits per heavy atom. The maximum Gasteiger partial charge on any atom is 0.236 e. The van der Waals surface area contributed by atoms with E-state index in [9.17, 15) is 4.79 Å². The first-order valence-corrected chi connectivity index (χ1v) is 8.12. The van der Waals surface area contributed by atoms with Crippen LogP contribution in [0.4, 0.5) is 0 Å². The first kappa shape index (κ1) is 18.7. The maximum atomic E-state index is 11.7. The Bertz CT molecular complexity index is 543. The standard InChI is InChI=1S/C15H21N3O2S.ClH/c16-8-4-2-1-3-7-14(19)17-10-12-11-20-15(18-12)13-6-5-9-21-13;/h5-6,9,11H,1-4,7-8,10,16H2,(H,17,19);1H. The van der Waals surface area contributed by atoms with E-state index in [1.807, 2.05) is 17.5 Å². The van der Waals surface area contributed by atoms with Crippen LogP contribution in [0.15, 0.2) is 28.2 Å². The van der Waals surface area contributed by atoms with Crippen molar-refractivity contribution in [3.8, 4) is 10.8 Å². The van der Waals surface area contributed by atoms with E-state index in [0.717, 1.165) is 42.8 Å². The van der Waals surface area contributed by atoms with Gasteiger partial charge in [0, 0.05) is 6.42 Å². The van der Waals surface area contributed by atoms with Gasteiger partial charge in [0.1, 0.15) is 6.26 Å². The lowest BCUT2D eigenvalue weighted by Crippen LogP contribution is -2.22. The molecule has 2 aromatic heterocycles. The van der Waals surface area contributed by atoms with Crippen LogP contribution in [0.3, 0.4) is 0 Å². The van der Waals surface area contributed by atoms with Crippen molar-refractivity contribution in [1.29, 1.82) is 0 Å². The summed E-state index contributed by atoms with van der Waals surface area (Å²) in [5.41, 5.74) is 6.17. The molecular weight excluding hydrogens is 322 g/mol. The van der Waals surface area contributed by atoms with Crippen molar-refractivity contribution in [3.63, 3.8) is 0 Å². The fraction of sp³-hybridized carbons (Fsp3) is 0.467. The van der Waals surface area contributed by atoms with E-state index in [-0.39, 0.29) is 18.3 Å². The van der Waals surface area contributed by atoms with E-state index in [4.69, 9.17) is 10.2 Å². The van der Waals surface area contributed by atoms with Crippen molar-refractivity contribution in [3.05, 3.63) is 29.5 Å². The first-order valence-electron chi connectivity index (χ1n) is 7.24. The van der Waals surface area contributed by atoms with E-state index in [1.165, 1.54) is 0 Å². The third kappa shape index (κ3) is 6.17. The predicted octanol–water partition coefficient (Wildman–Crippen LogP) is 3.35. The summed E-state index contributed by atoms with van der Waals surface area (Å²) in [5.74, 6) is 0.666. The number of nitrogens with two attached hydrogens (primary N) is 1. The summed E-state index contributed by atoms with van der Waals surface area (Å²) >= 11 is 1.58. The molecule has 2 aromatic rings. The minimum absolute atomic E-state index is 0. The summed E-state index contributed by atoms with van der Waals surface area (Å²) in [5, 5.41) is 4.84. The van der Waals surface area contributed by atoms with Gasteiger partial charge >= 0.3 is 0 Å². The van der Waals surface area contributed by atoms with Crippen LogP contribution in [-0.4, -0.2) is 17.4 Å². The highest BCUT2D eigenvalue weighted by atomic mass is 35.5. The fourth-order valence-corrected chi connectivity index (χ4v) is 2.62. The normalized spacial score (nSPS) is 10.2. The SMILES string of the molecule is Cl.NCCCCCCC(=O)NCc1coc(-c2cccs2)n1. The molecule has 0 atom stereocenters. The number of oxazole rings is 1. The lowest BCUT2D eigenvalue weighted by Gasteiger charge is -2.02. The Labute approximate surface area is 140 Å². The number of rotatable bonds is 9. The number of nitrogens with one attached hydrogen (secondary N) is 1. The van der Waals surface area contributed by atoms with Crippen molar-refractivity contribution in [2.45, 2.75) is 38.6 Å². The van der Waals surface area contributed by atoms with Crippen molar-refractivity contribution in [2.75, 3.05) is 6.54 Å². The van der Waals surface area contributed by atoms with Gasteiger partial charge in [-0.25, -0.2) is 4.98 Å². The van der Waals surface area contributed by atoms with Crippen LogP contribution in [0.25, 0.3) is 10.8 Å². The monoisotopic (exact) mass is 343 g/mol. The Balaban J connectivity index is 0.00000242. The number of aromatic nitrogens is 1. The Morgan fingerprint density at radius 2 is 2.14 bits per heavy atom. The van der Waals surface area contributed by atoms with Gasteiger partial charge in [0.25, 0.3) is 0 Å². The molecule has 0 aliphatic rings. The second-order valence-electron chi connectivity index (χ2n) is 4.85. The maximum absolute atomic E-state index is 11.7. The van der Waals surface area contributed by atoms with Gasteiger partial charge in [-0.1, -0.05) is 18.9 Å². The fourth-order valence-electron chi connectivity index (χ4n) is 1.96. The number of hydrogen-bond donors (Lipinski definition) is 2. The second-order valence-corrected chi connectivity index (χ2v) is 5.80. The van der Waals surface area contributed by atoms with E-state index >= 15 is 0 Å². The molecule has 0 radical (unpaired) electrons. The van der Waals surface area contributed by atoms with Gasteiger partial charge in [0.2, 0.25) is 11.8 Å². The summed E-state index contributed by atoms with van der Waals surface area (Å²) < 4.78 is 5.40. The molecule has 0 aliphatic carbocycles. The summed E-state index contributed by atoms with van der Waals surface area (Å²) in [6.45, 7) is 1.14. The lowest BCUT2D eigenvalue weighted by atomic mass is 10.1. The first-order chi connectivity index (χ1) is 10.3. The van der Waals surface area contributed by atoms with E-state index < -0.39 is 0 Å². The van der Waals surface area contributed by atoms with Gasteiger partial charge in [0.05, 0.1) is 17.1 Å². The van der Waals surface area contributed by atoms with Crippen molar-refractivity contribution >= 4 is 29.7 Å². The lowest BCUT2D eigenvalue weighted by molar-refractivity contribution is -0.121. The highest BCUT2D eigenvalue weighted by Gasteiger charge is 2.08. The van der Waals surface area contributed by atoms with Crippen molar-refractivity contribution in [1.82, 2.24) is 10.3 Å². The Kier molecular flexibility index (Phi) is 8.81. The van der Waals surface area contributed by atoms with Crippen molar-refractivity contribution in [2.24, 2.45) is 5.73 Å². The molecule has 0 saturated carbocycles.